The standard InChI is InChI=1S/C12H12ClFN4O/c1-2-10-16-11(18-17-10)12(19)15-6-7-3-4-9(14)8(13)5-7/h3-5H,2,6H2,1H3,(H,15,19)(H,16,17,18). The fourth-order valence-electron chi connectivity index (χ4n) is 1.47. The van der Waals surface area contributed by atoms with Gasteiger partial charge >= 0.3 is 0 Å². The average Bonchev–Trinajstić information content (AvgIpc) is 2.88. The Labute approximate surface area is 114 Å². The molecule has 2 rings (SSSR count). The summed E-state index contributed by atoms with van der Waals surface area (Å²) in [7, 11) is 0. The Balaban J connectivity index is 1.98. The third-order valence-electron chi connectivity index (χ3n) is 2.51. The van der Waals surface area contributed by atoms with Crippen molar-refractivity contribution in [1.29, 1.82) is 0 Å². The zero-order valence-corrected chi connectivity index (χ0v) is 11.0. The van der Waals surface area contributed by atoms with Gasteiger partial charge in [0.2, 0.25) is 5.82 Å². The van der Waals surface area contributed by atoms with Crippen LogP contribution in [0.3, 0.4) is 0 Å². The van der Waals surface area contributed by atoms with Crippen LogP contribution in [0.5, 0.6) is 0 Å². The van der Waals surface area contributed by atoms with Crippen LogP contribution in [0.1, 0.15) is 28.9 Å². The Hall–Kier alpha value is -1.95. The third-order valence-corrected chi connectivity index (χ3v) is 2.80. The minimum absolute atomic E-state index is 0.0258. The van der Waals surface area contributed by atoms with Gasteiger partial charge in [0.25, 0.3) is 5.91 Å². The number of hydrogen-bond acceptors (Lipinski definition) is 3. The number of aromatic amines is 1. The summed E-state index contributed by atoms with van der Waals surface area (Å²) >= 11 is 5.65. The number of carbonyl (C=O) groups is 1. The maximum Gasteiger partial charge on any atom is 0.291 e. The molecule has 0 saturated heterocycles. The predicted molar refractivity (Wildman–Crippen MR) is 68.3 cm³/mol. The lowest BCUT2D eigenvalue weighted by molar-refractivity contribution is 0.0941. The van der Waals surface area contributed by atoms with Crippen LogP contribution in [0.25, 0.3) is 0 Å². The van der Waals surface area contributed by atoms with E-state index in [-0.39, 0.29) is 17.4 Å². The van der Waals surface area contributed by atoms with Gasteiger partial charge < -0.3 is 5.32 Å². The zero-order valence-electron chi connectivity index (χ0n) is 10.2. The maximum atomic E-state index is 13.0. The molecule has 0 fully saturated rings. The molecule has 1 aromatic carbocycles. The van der Waals surface area contributed by atoms with Crippen molar-refractivity contribution >= 4 is 17.5 Å². The SMILES string of the molecule is CCc1nc(C(=O)NCc2ccc(F)c(Cl)c2)n[nH]1. The van der Waals surface area contributed by atoms with E-state index in [1.165, 1.54) is 12.1 Å². The highest BCUT2D eigenvalue weighted by Gasteiger charge is 2.11. The Morgan fingerprint density at radius 3 is 2.95 bits per heavy atom. The molecule has 0 unspecified atom stereocenters. The first-order valence-electron chi connectivity index (χ1n) is 5.73. The minimum atomic E-state index is -0.488. The topological polar surface area (TPSA) is 70.7 Å². The van der Waals surface area contributed by atoms with Crippen LogP contribution in [-0.2, 0) is 13.0 Å². The van der Waals surface area contributed by atoms with Crippen molar-refractivity contribution in [2.75, 3.05) is 0 Å². The molecule has 0 radical (unpaired) electrons. The molecule has 0 aliphatic carbocycles. The van der Waals surface area contributed by atoms with Gasteiger partial charge in [0.15, 0.2) is 0 Å². The largest absolute Gasteiger partial charge is 0.345 e. The van der Waals surface area contributed by atoms with Crippen molar-refractivity contribution in [3.63, 3.8) is 0 Å². The summed E-state index contributed by atoms with van der Waals surface area (Å²) in [5, 5.41) is 9.12. The molecule has 0 saturated carbocycles. The molecule has 1 amide bonds. The minimum Gasteiger partial charge on any atom is -0.345 e. The van der Waals surface area contributed by atoms with Crippen molar-refractivity contribution < 1.29 is 9.18 Å². The Bertz CT molecular complexity index is 599. The van der Waals surface area contributed by atoms with Crippen LogP contribution < -0.4 is 5.32 Å². The van der Waals surface area contributed by atoms with Gasteiger partial charge in [0.1, 0.15) is 11.6 Å². The summed E-state index contributed by atoms with van der Waals surface area (Å²) in [5.74, 6) is -0.144. The average molecular weight is 283 g/mol. The smallest absolute Gasteiger partial charge is 0.291 e. The molecule has 2 N–H and O–H groups in total. The molecule has 2 aromatic rings. The second-order valence-corrected chi connectivity index (χ2v) is 4.30. The molecule has 5 nitrogen and oxygen atoms in total. The Morgan fingerprint density at radius 1 is 1.53 bits per heavy atom. The molecule has 19 heavy (non-hydrogen) atoms. The predicted octanol–water partition coefficient (Wildman–Crippen LogP) is 2.09. The molecule has 0 atom stereocenters. The number of rotatable bonds is 4. The summed E-state index contributed by atoms with van der Waals surface area (Å²) < 4.78 is 13.0. The molecule has 1 heterocycles. The van der Waals surface area contributed by atoms with E-state index < -0.39 is 11.7 Å². The van der Waals surface area contributed by atoms with Crippen molar-refractivity contribution in [3.8, 4) is 0 Å². The van der Waals surface area contributed by atoms with E-state index in [2.05, 4.69) is 20.5 Å². The summed E-state index contributed by atoms with van der Waals surface area (Å²) in [6, 6.07) is 4.27. The van der Waals surface area contributed by atoms with Gasteiger partial charge in [-0.25, -0.2) is 9.37 Å². The molecule has 0 aliphatic heterocycles. The fourth-order valence-corrected chi connectivity index (χ4v) is 1.67. The van der Waals surface area contributed by atoms with Gasteiger partial charge in [-0.15, -0.1) is 5.10 Å². The number of hydrogen-bond donors (Lipinski definition) is 2. The second kappa shape index (κ2) is 5.79. The number of aromatic nitrogens is 3. The second-order valence-electron chi connectivity index (χ2n) is 3.89. The van der Waals surface area contributed by atoms with Crippen LogP contribution >= 0.6 is 11.6 Å². The molecule has 1 aromatic heterocycles. The summed E-state index contributed by atoms with van der Waals surface area (Å²) in [4.78, 5) is 15.7. The van der Waals surface area contributed by atoms with Gasteiger partial charge in [-0.1, -0.05) is 24.6 Å². The van der Waals surface area contributed by atoms with Crippen molar-refractivity contribution in [1.82, 2.24) is 20.5 Å². The number of aryl methyl sites for hydroxylation is 1. The number of amides is 1. The number of nitrogens with zero attached hydrogens (tertiary/aromatic N) is 2. The van der Waals surface area contributed by atoms with E-state index >= 15 is 0 Å². The highest BCUT2D eigenvalue weighted by atomic mass is 35.5. The van der Waals surface area contributed by atoms with Gasteiger partial charge in [-0.2, -0.15) is 0 Å². The highest BCUT2D eigenvalue weighted by Crippen LogP contribution is 2.15. The number of H-pyrrole nitrogens is 1. The van der Waals surface area contributed by atoms with Crippen LogP contribution in [0, 0.1) is 5.82 Å². The first kappa shape index (κ1) is 13.5. The number of halogens is 2. The normalized spacial score (nSPS) is 10.5. The monoisotopic (exact) mass is 282 g/mol. The number of carbonyl (C=O) groups excluding carboxylic acids is 1. The molecular formula is C12H12ClFN4O. The lowest BCUT2D eigenvalue weighted by atomic mass is 10.2. The van der Waals surface area contributed by atoms with Crippen LogP contribution in [0.15, 0.2) is 18.2 Å². The summed E-state index contributed by atoms with van der Waals surface area (Å²) in [6.45, 7) is 2.14. The van der Waals surface area contributed by atoms with Crippen LogP contribution in [0.2, 0.25) is 5.02 Å². The third kappa shape index (κ3) is 3.29. The summed E-state index contributed by atoms with van der Waals surface area (Å²) in [6.07, 6.45) is 0.674. The Kier molecular flexibility index (Phi) is 4.11. The maximum absolute atomic E-state index is 13.0. The molecule has 100 valence electrons. The van der Waals surface area contributed by atoms with E-state index in [1.807, 2.05) is 6.92 Å². The van der Waals surface area contributed by atoms with E-state index in [0.29, 0.717) is 17.8 Å². The molecule has 0 aliphatic rings. The molecule has 0 bridgehead atoms. The number of nitrogens with one attached hydrogen (secondary N) is 2. The highest BCUT2D eigenvalue weighted by molar-refractivity contribution is 6.30. The van der Waals surface area contributed by atoms with E-state index in [1.54, 1.807) is 6.07 Å². The molecule has 0 spiro atoms. The van der Waals surface area contributed by atoms with Gasteiger partial charge in [0.05, 0.1) is 5.02 Å². The molecular weight excluding hydrogens is 271 g/mol. The van der Waals surface area contributed by atoms with E-state index in [9.17, 15) is 9.18 Å². The first-order chi connectivity index (χ1) is 9.10. The zero-order chi connectivity index (χ0) is 13.8. The van der Waals surface area contributed by atoms with Gasteiger partial charge in [-0.3, -0.25) is 9.89 Å². The van der Waals surface area contributed by atoms with Crippen LogP contribution in [-0.4, -0.2) is 21.1 Å². The Morgan fingerprint density at radius 2 is 2.32 bits per heavy atom. The quantitative estimate of drug-likeness (QED) is 0.902. The van der Waals surface area contributed by atoms with E-state index in [0.717, 1.165) is 0 Å². The van der Waals surface area contributed by atoms with Crippen molar-refractivity contribution in [2.45, 2.75) is 19.9 Å². The number of benzene rings is 1. The van der Waals surface area contributed by atoms with Crippen molar-refractivity contribution in [2.24, 2.45) is 0 Å². The van der Waals surface area contributed by atoms with Crippen LogP contribution in [0.4, 0.5) is 4.39 Å². The summed E-state index contributed by atoms with van der Waals surface area (Å²) in [5.41, 5.74) is 0.700. The first-order valence-corrected chi connectivity index (χ1v) is 6.11. The lowest BCUT2D eigenvalue weighted by Crippen LogP contribution is -2.24. The van der Waals surface area contributed by atoms with Gasteiger partial charge in [0, 0.05) is 13.0 Å². The fraction of sp³-hybridized carbons (Fsp3) is 0.250. The lowest BCUT2D eigenvalue weighted by Gasteiger charge is -2.03. The van der Waals surface area contributed by atoms with E-state index in [4.69, 9.17) is 11.6 Å². The van der Waals surface area contributed by atoms with Gasteiger partial charge in [-0.05, 0) is 17.7 Å². The molecule has 7 heteroatoms. The van der Waals surface area contributed by atoms with Crippen molar-refractivity contribution in [3.05, 3.63) is 46.3 Å².